The van der Waals surface area contributed by atoms with Crippen LogP contribution in [-0.2, 0) is 13.1 Å². The van der Waals surface area contributed by atoms with Gasteiger partial charge in [-0.2, -0.15) is 0 Å². The second-order valence-corrected chi connectivity index (χ2v) is 8.39. The highest BCUT2D eigenvalue weighted by Gasteiger charge is 2.16. The molecular weight excluding hydrogens is 430 g/mol. The number of aliphatic hydroxyl groups is 1. The van der Waals surface area contributed by atoms with Crippen LogP contribution in [0.15, 0.2) is 75.8 Å². The highest BCUT2D eigenvalue weighted by Crippen LogP contribution is 2.24. The van der Waals surface area contributed by atoms with Gasteiger partial charge in [0.1, 0.15) is 24.2 Å². The summed E-state index contributed by atoms with van der Waals surface area (Å²) in [6, 6.07) is 20.2. The van der Waals surface area contributed by atoms with E-state index in [1.807, 2.05) is 36.4 Å². The van der Waals surface area contributed by atoms with Gasteiger partial charge in [-0.25, -0.2) is 0 Å². The normalized spacial score (nSPS) is 12.5. The molecule has 1 unspecified atom stereocenters. The maximum Gasteiger partial charge on any atom is 0.133 e. The van der Waals surface area contributed by atoms with Crippen LogP contribution in [0.2, 0.25) is 0 Å². The number of aliphatic hydroxyl groups excluding tert-OH is 1. The molecule has 0 aliphatic heterocycles. The Morgan fingerprint density at radius 2 is 1.76 bits per heavy atom. The van der Waals surface area contributed by atoms with Gasteiger partial charge in [0, 0.05) is 13.1 Å². The Labute approximate surface area is 181 Å². The van der Waals surface area contributed by atoms with E-state index in [0.29, 0.717) is 19.0 Å². The van der Waals surface area contributed by atoms with Crippen molar-refractivity contribution in [2.24, 2.45) is 0 Å². The van der Waals surface area contributed by atoms with Gasteiger partial charge in [-0.05, 0) is 57.2 Å². The van der Waals surface area contributed by atoms with Crippen LogP contribution < -0.4 is 4.74 Å². The van der Waals surface area contributed by atoms with Crippen molar-refractivity contribution in [1.82, 2.24) is 4.90 Å². The Bertz CT molecular complexity index is 862. The molecule has 154 valence electrons. The maximum absolute atomic E-state index is 10.6. The molecule has 0 fully saturated rings. The molecule has 5 heteroatoms. The monoisotopic (exact) mass is 457 g/mol. The van der Waals surface area contributed by atoms with Crippen molar-refractivity contribution in [3.8, 4) is 5.75 Å². The molecule has 1 atom stereocenters. The number of furan rings is 1. The lowest BCUT2D eigenvalue weighted by molar-refractivity contribution is 0.0602. The summed E-state index contributed by atoms with van der Waals surface area (Å²) in [4.78, 5) is 2.18. The van der Waals surface area contributed by atoms with Gasteiger partial charge in [0.2, 0.25) is 0 Å². The predicted octanol–water partition coefficient (Wildman–Crippen LogP) is 5.61. The highest BCUT2D eigenvalue weighted by molar-refractivity contribution is 9.10. The van der Waals surface area contributed by atoms with E-state index in [4.69, 9.17) is 9.15 Å². The van der Waals surface area contributed by atoms with Gasteiger partial charge in [0.25, 0.3) is 0 Å². The smallest absolute Gasteiger partial charge is 0.133 e. The number of para-hydroxylation sites is 1. The summed E-state index contributed by atoms with van der Waals surface area (Å²) in [5.41, 5.74) is 2.54. The van der Waals surface area contributed by atoms with Gasteiger partial charge in [-0.15, -0.1) is 0 Å². The molecule has 1 aromatic heterocycles. The fourth-order valence-electron chi connectivity index (χ4n) is 3.17. The second kappa shape index (κ2) is 10.6. The first kappa shape index (κ1) is 21.6. The number of hydrogen-bond acceptors (Lipinski definition) is 4. The molecule has 0 aliphatic rings. The lowest BCUT2D eigenvalue weighted by atomic mass is 10.0. The summed E-state index contributed by atoms with van der Waals surface area (Å²) < 4.78 is 12.2. The summed E-state index contributed by atoms with van der Waals surface area (Å²) in [6.45, 7) is 6.45. The van der Waals surface area contributed by atoms with Crippen LogP contribution in [0.5, 0.6) is 5.75 Å². The average molecular weight is 458 g/mol. The van der Waals surface area contributed by atoms with Crippen LogP contribution in [0.4, 0.5) is 0 Å². The number of ether oxygens (including phenoxy) is 1. The largest absolute Gasteiger partial charge is 0.490 e. The molecule has 3 rings (SSSR count). The molecule has 0 aliphatic carbocycles. The van der Waals surface area contributed by atoms with E-state index in [9.17, 15) is 5.11 Å². The van der Waals surface area contributed by atoms with Gasteiger partial charge >= 0.3 is 0 Å². The highest BCUT2D eigenvalue weighted by atomic mass is 79.9. The SMILES string of the molecule is CC(C)c1ccc(CN(Cc2ccco2)CC(O)COc2ccccc2Br)cc1. The Kier molecular flexibility index (Phi) is 7.92. The van der Waals surface area contributed by atoms with Crippen molar-refractivity contribution in [2.75, 3.05) is 13.2 Å². The van der Waals surface area contributed by atoms with Crippen molar-refractivity contribution >= 4 is 15.9 Å². The Hall–Kier alpha value is -2.08. The zero-order chi connectivity index (χ0) is 20.6. The van der Waals surface area contributed by atoms with Crippen LogP contribution in [0.1, 0.15) is 36.7 Å². The van der Waals surface area contributed by atoms with Gasteiger partial charge in [0.15, 0.2) is 0 Å². The third-order valence-electron chi connectivity index (χ3n) is 4.75. The minimum Gasteiger partial charge on any atom is -0.490 e. The van der Waals surface area contributed by atoms with E-state index in [0.717, 1.165) is 22.5 Å². The van der Waals surface area contributed by atoms with Crippen molar-refractivity contribution in [3.63, 3.8) is 0 Å². The Balaban J connectivity index is 1.62. The quantitative estimate of drug-likeness (QED) is 0.429. The molecule has 2 aromatic carbocycles. The molecule has 0 saturated carbocycles. The molecule has 0 amide bonds. The van der Waals surface area contributed by atoms with E-state index >= 15 is 0 Å². The summed E-state index contributed by atoms with van der Waals surface area (Å²) in [7, 11) is 0. The molecule has 1 heterocycles. The van der Waals surface area contributed by atoms with Gasteiger partial charge in [-0.1, -0.05) is 50.2 Å². The summed E-state index contributed by atoms with van der Waals surface area (Å²) in [5, 5.41) is 10.6. The summed E-state index contributed by atoms with van der Waals surface area (Å²) in [5.74, 6) is 2.12. The first-order chi connectivity index (χ1) is 14.0. The van der Waals surface area contributed by atoms with Crippen LogP contribution in [-0.4, -0.2) is 29.3 Å². The molecule has 3 aromatic rings. The number of benzene rings is 2. The van der Waals surface area contributed by atoms with Crippen LogP contribution in [0, 0.1) is 0 Å². The average Bonchev–Trinajstić information content (AvgIpc) is 3.21. The van der Waals surface area contributed by atoms with Gasteiger partial charge in [-0.3, -0.25) is 4.90 Å². The van der Waals surface area contributed by atoms with Crippen LogP contribution >= 0.6 is 15.9 Å². The molecule has 4 nitrogen and oxygen atoms in total. The van der Waals surface area contributed by atoms with Crippen molar-refractivity contribution in [2.45, 2.75) is 39.0 Å². The molecule has 1 N–H and O–H groups in total. The lowest BCUT2D eigenvalue weighted by Crippen LogP contribution is -2.35. The first-order valence-corrected chi connectivity index (χ1v) is 10.7. The minimum absolute atomic E-state index is 0.226. The Morgan fingerprint density at radius 1 is 1.00 bits per heavy atom. The third kappa shape index (κ3) is 6.74. The van der Waals surface area contributed by atoms with Crippen LogP contribution in [0.25, 0.3) is 0 Å². The molecule has 29 heavy (non-hydrogen) atoms. The van der Waals surface area contributed by atoms with Gasteiger partial charge in [0.05, 0.1) is 17.3 Å². The van der Waals surface area contributed by atoms with E-state index in [1.54, 1.807) is 6.26 Å². The van der Waals surface area contributed by atoms with E-state index in [1.165, 1.54) is 11.1 Å². The number of rotatable bonds is 10. The number of hydrogen-bond donors (Lipinski definition) is 1. The zero-order valence-electron chi connectivity index (χ0n) is 16.9. The number of nitrogens with zero attached hydrogens (tertiary/aromatic N) is 1. The van der Waals surface area contributed by atoms with E-state index in [-0.39, 0.29) is 6.61 Å². The maximum atomic E-state index is 10.6. The predicted molar refractivity (Wildman–Crippen MR) is 119 cm³/mol. The lowest BCUT2D eigenvalue weighted by Gasteiger charge is -2.25. The first-order valence-electron chi connectivity index (χ1n) is 9.90. The minimum atomic E-state index is -0.619. The molecular formula is C24H28BrNO3. The molecule has 0 radical (unpaired) electrons. The fourth-order valence-corrected chi connectivity index (χ4v) is 3.57. The summed E-state index contributed by atoms with van der Waals surface area (Å²) in [6.07, 6.45) is 1.06. The van der Waals surface area contributed by atoms with Gasteiger partial charge < -0.3 is 14.3 Å². The van der Waals surface area contributed by atoms with Crippen molar-refractivity contribution < 1.29 is 14.3 Å². The Morgan fingerprint density at radius 3 is 2.41 bits per heavy atom. The second-order valence-electron chi connectivity index (χ2n) is 7.54. The molecule has 0 spiro atoms. The fraction of sp³-hybridized carbons (Fsp3) is 0.333. The standard InChI is InChI=1S/C24H28BrNO3/c1-18(2)20-11-9-19(10-12-20)14-26(16-22-6-5-13-28-22)15-21(27)17-29-24-8-4-3-7-23(24)25/h3-13,18,21,27H,14-17H2,1-2H3. The zero-order valence-corrected chi connectivity index (χ0v) is 18.5. The van der Waals surface area contributed by atoms with Crippen LogP contribution in [0.3, 0.4) is 0 Å². The van der Waals surface area contributed by atoms with E-state index < -0.39 is 6.10 Å². The van der Waals surface area contributed by atoms with Crippen molar-refractivity contribution in [3.05, 3.63) is 88.3 Å². The third-order valence-corrected chi connectivity index (χ3v) is 5.40. The molecule has 0 saturated heterocycles. The number of halogens is 1. The van der Waals surface area contributed by atoms with Crippen molar-refractivity contribution in [1.29, 1.82) is 0 Å². The molecule has 0 bridgehead atoms. The topological polar surface area (TPSA) is 45.8 Å². The van der Waals surface area contributed by atoms with E-state index in [2.05, 4.69) is 58.9 Å². The summed E-state index contributed by atoms with van der Waals surface area (Å²) >= 11 is 3.47.